The molecule has 3 aromatic carbocycles. The zero-order valence-corrected chi connectivity index (χ0v) is 17.9. The molecule has 2 aliphatic rings. The first kappa shape index (κ1) is 20.4. The van der Waals surface area contributed by atoms with E-state index in [2.05, 4.69) is 12.1 Å². The fourth-order valence-electron chi connectivity index (χ4n) is 5.02. The number of benzene rings is 3. The number of carbonyl (C=O) groups excluding carboxylic acids is 1. The van der Waals surface area contributed by atoms with Gasteiger partial charge in [-0.2, -0.15) is 0 Å². The number of halogens is 1. The standard InChI is InChI=1S/C29H26FNO/c30-29(20-10-9-17-26(29)24-14-5-2-6-15-24)28(32)31(21-22-11-3-1-4-12-22)27-19-18-23-13-7-8-16-25(23)27/h1-17,20,26-27H,18-19,21H2. The van der Waals surface area contributed by atoms with E-state index in [1.54, 1.807) is 17.1 Å². The molecule has 0 saturated carbocycles. The summed E-state index contributed by atoms with van der Waals surface area (Å²) in [6.07, 6.45) is 8.43. The second-order valence-corrected chi connectivity index (χ2v) is 8.57. The molecule has 0 radical (unpaired) electrons. The van der Waals surface area contributed by atoms with Crippen LogP contribution in [0.1, 0.15) is 40.6 Å². The van der Waals surface area contributed by atoms with E-state index in [0.29, 0.717) is 6.54 Å². The monoisotopic (exact) mass is 423 g/mol. The van der Waals surface area contributed by atoms with Crippen LogP contribution in [0.25, 0.3) is 0 Å². The maximum atomic E-state index is 16.8. The number of alkyl halides is 1. The number of allylic oxidation sites excluding steroid dienone is 3. The van der Waals surface area contributed by atoms with E-state index < -0.39 is 17.5 Å². The zero-order valence-electron chi connectivity index (χ0n) is 17.9. The lowest BCUT2D eigenvalue weighted by atomic mass is 9.79. The highest BCUT2D eigenvalue weighted by atomic mass is 19.1. The molecule has 160 valence electrons. The fraction of sp³-hybridized carbons (Fsp3) is 0.207. The third kappa shape index (κ3) is 3.69. The Morgan fingerprint density at radius 2 is 1.59 bits per heavy atom. The summed E-state index contributed by atoms with van der Waals surface area (Å²) in [5.74, 6) is -1.13. The van der Waals surface area contributed by atoms with E-state index in [1.807, 2.05) is 78.9 Å². The van der Waals surface area contributed by atoms with Crippen molar-refractivity contribution < 1.29 is 9.18 Å². The van der Waals surface area contributed by atoms with Gasteiger partial charge in [0, 0.05) is 12.5 Å². The van der Waals surface area contributed by atoms with Crippen LogP contribution in [-0.4, -0.2) is 16.5 Å². The molecule has 0 saturated heterocycles. The molecule has 3 heteroatoms. The average Bonchev–Trinajstić information content (AvgIpc) is 3.27. The largest absolute Gasteiger partial charge is 0.328 e. The summed E-state index contributed by atoms with van der Waals surface area (Å²) in [4.78, 5) is 15.8. The van der Waals surface area contributed by atoms with Gasteiger partial charge in [0.1, 0.15) is 0 Å². The van der Waals surface area contributed by atoms with E-state index in [9.17, 15) is 4.79 Å². The average molecular weight is 424 g/mol. The molecule has 1 amide bonds. The van der Waals surface area contributed by atoms with Crippen molar-refractivity contribution in [3.63, 3.8) is 0 Å². The first-order valence-electron chi connectivity index (χ1n) is 11.2. The third-order valence-corrected chi connectivity index (χ3v) is 6.63. The summed E-state index contributed by atoms with van der Waals surface area (Å²) in [5.41, 5.74) is 2.04. The summed E-state index contributed by atoms with van der Waals surface area (Å²) in [7, 11) is 0. The first-order chi connectivity index (χ1) is 15.7. The van der Waals surface area contributed by atoms with Crippen LogP contribution in [0.15, 0.2) is 109 Å². The number of hydrogen-bond donors (Lipinski definition) is 0. The predicted molar refractivity (Wildman–Crippen MR) is 126 cm³/mol. The van der Waals surface area contributed by atoms with Gasteiger partial charge in [-0.25, -0.2) is 4.39 Å². The van der Waals surface area contributed by atoms with Crippen molar-refractivity contribution in [2.45, 2.75) is 37.0 Å². The van der Waals surface area contributed by atoms with Gasteiger partial charge >= 0.3 is 0 Å². The van der Waals surface area contributed by atoms with Crippen LogP contribution in [0.5, 0.6) is 0 Å². The number of rotatable bonds is 5. The summed E-state index contributed by atoms with van der Waals surface area (Å²) in [6.45, 7) is 0.378. The number of amides is 1. The van der Waals surface area contributed by atoms with Crippen LogP contribution in [0.4, 0.5) is 4.39 Å². The van der Waals surface area contributed by atoms with Crippen molar-refractivity contribution in [3.8, 4) is 0 Å². The lowest BCUT2D eigenvalue weighted by molar-refractivity contribution is -0.145. The highest BCUT2D eigenvalue weighted by molar-refractivity contribution is 5.90. The quantitative estimate of drug-likeness (QED) is 0.470. The molecule has 5 rings (SSSR count). The minimum absolute atomic E-state index is 0.137. The van der Waals surface area contributed by atoms with Crippen LogP contribution in [0.3, 0.4) is 0 Å². The first-order valence-corrected chi connectivity index (χ1v) is 11.2. The predicted octanol–water partition coefficient (Wildman–Crippen LogP) is 6.32. The van der Waals surface area contributed by atoms with Crippen molar-refractivity contribution in [1.29, 1.82) is 0 Å². The van der Waals surface area contributed by atoms with Gasteiger partial charge in [-0.15, -0.1) is 0 Å². The summed E-state index contributed by atoms with van der Waals surface area (Å²) in [6, 6.07) is 27.4. The summed E-state index contributed by atoms with van der Waals surface area (Å²) >= 11 is 0. The van der Waals surface area contributed by atoms with Crippen LogP contribution in [0, 0.1) is 0 Å². The number of nitrogens with zero attached hydrogens (tertiary/aromatic N) is 1. The number of aryl methyl sites for hydroxylation is 1. The van der Waals surface area contributed by atoms with E-state index in [-0.39, 0.29) is 6.04 Å². The third-order valence-electron chi connectivity index (χ3n) is 6.63. The Morgan fingerprint density at radius 1 is 0.906 bits per heavy atom. The number of carbonyl (C=O) groups is 1. The topological polar surface area (TPSA) is 20.3 Å². The molecule has 0 aromatic heterocycles. The molecule has 3 atom stereocenters. The van der Waals surface area contributed by atoms with E-state index in [1.165, 1.54) is 11.6 Å². The molecule has 0 fully saturated rings. The Kier molecular flexibility index (Phi) is 5.48. The van der Waals surface area contributed by atoms with Gasteiger partial charge in [-0.1, -0.05) is 103 Å². The molecule has 32 heavy (non-hydrogen) atoms. The van der Waals surface area contributed by atoms with Gasteiger partial charge in [0.2, 0.25) is 5.67 Å². The summed E-state index contributed by atoms with van der Waals surface area (Å²) < 4.78 is 16.8. The normalized spacial score (nSPS) is 23.7. The lowest BCUT2D eigenvalue weighted by Gasteiger charge is -2.38. The molecular weight excluding hydrogens is 397 g/mol. The highest BCUT2D eigenvalue weighted by Crippen LogP contribution is 2.43. The van der Waals surface area contributed by atoms with Gasteiger partial charge in [0.05, 0.1) is 6.04 Å². The van der Waals surface area contributed by atoms with Gasteiger partial charge < -0.3 is 4.90 Å². The van der Waals surface area contributed by atoms with Crippen molar-refractivity contribution in [2.24, 2.45) is 0 Å². The molecule has 0 N–H and O–H groups in total. The fourth-order valence-corrected chi connectivity index (χ4v) is 5.02. The zero-order chi connectivity index (χ0) is 22.0. The molecule has 2 nitrogen and oxygen atoms in total. The van der Waals surface area contributed by atoms with Crippen LogP contribution in [0.2, 0.25) is 0 Å². The van der Waals surface area contributed by atoms with Crippen molar-refractivity contribution in [2.75, 3.05) is 0 Å². The molecule has 0 bridgehead atoms. The smallest absolute Gasteiger partial charge is 0.266 e. The molecule has 0 aliphatic heterocycles. The molecular formula is C29H26FNO. The molecule has 3 unspecified atom stereocenters. The van der Waals surface area contributed by atoms with E-state index in [4.69, 9.17) is 0 Å². The molecule has 2 aliphatic carbocycles. The molecule has 0 heterocycles. The van der Waals surface area contributed by atoms with Crippen molar-refractivity contribution in [1.82, 2.24) is 4.90 Å². The molecule has 0 spiro atoms. The second kappa shape index (κ2) is 8.58. The SMILES string of the molecule is O=C(N(Cc1ccccc1)C1CCc2ccccc21)C1(F)C=CC=CC1c1ccccc1. The van der Waals surface area contributed by atoms with Crippen LogP contribution >= 0.6 is 0 Å². The lowest BCUT2D eigenvalue weighted by Crippen LogP contribution is -2.49. The Balaban J connectivity index is 1.55. The number of fused-ring (bicyclic) bond motifs is 1. The van der Waals surface area contributed by atoms with Gasteiger partial charge in [-0.05, 0) is 41.2 Å². The Morgan fingerprint density at radius 3 is 2.38 bits per heavy atom. The van der Waals surface area contributed by atoms with Crippen LogP contribution < -0.4 is 0 Å². The Hall–Kier alpha value is -3.46. The van der Waals surface area contributed by atoms with Crippen LogP contribution in [-0.2, 0) is 17.8 Å². The van der Waals surface area contributed by atoms with Gasteiger partial charge in [0.25, 0.3) is 5.91 Å². The van der Waals surface area contributed by atoms with Crippen molar-refractivity contribution in [3.05, 3.63) is 131 Å². The highest BCUT2D eigenvalue weighted by Gasteiger charge is 2.49. The van der Waals surface area contributed by atoms with E-state index in [0.717, 1.165) is 29.5 Å². The maximum absolute atomic E-state index is 16.8. The Bertz CT molecular complexity index is 1150. The van der Waals surface area contributed by atoms with Gasteiger partial charge in [-0.3, -0.25) is 4.79 Å². The minimum Gasteiger partial charge on any atom is -0.328 e. The number of hydrogen-bond acceptors (Lipinski definition) is 1. The van der Waals surface area contributed by atoms with Gasteiger partial charge in [0.15, 0.2) is 0 Å². The second-order valence-electron chi connectivity index (χ2n) is 8.57. The Labute approximate surface area is 188 Å². The summed E-state index contributed by atoms with van der Waals surface area (Å²) in [5, 5.41) is 0. The molecule has 3 aromatic rings. The van der Waals surface area contributed by atoms with E-state index >= 15 is 4.39 Å². The van der Waals surface area contributed by atoms with Crippen molar-refractivity contribution >= 4 is 5.91 Å². The maximum Gasteiger partial charge on any atom is 0.266 e. The minimum atomic E-state index is -2.14.